The second kappa shape index (κ2) is 7.47. The van der Waals surface area contributed by atoms with Gasteiger partial charge in [0.15, 0.2) is 11.6 Å². The third-order valence-corrected chi connectivity index (χ3v) is 5.92. The molecule has 8 heteroatoms. The Bertz CT molecular complexity index is 901. The van der Waals surface area contributed by atoms with Crippen LogP contribution >= 0.6 is 19.5 Å². The van der Waals surface area contributed by atoms with Gasteiger partial charge in [0.25, 0.3) is 0 Å². The summed E-state index contributed by atoms with van der Waals surface area (Å²) < 4.78 is 41.9. The van der Waals surface area contributed by atoms with Gasteiger partial charge in [-0.3, -0.25) is 4.79 Å². The standard InChI is InChI=1S/C18H19F2N2O2P.ClH/c1-25(2,24)15-6-4-3-5-11(15)12-7-8-14(17(20)16(12)19)22-10-9-13(21)18(22)23;/h3-8,13H,9-10,21H2,1-2H3;1H. The normalized spacial score (nSPS) is 17.3. The average Bonchev–Trinajstić information content (AvgIpc) is 2.89. The molecular weight excluding hydrogens is 381 g/mol. The Morgan fingerprint density at radius 2 is 1.73 bits per heavy atom. The minimum atomic E-state index is -2.68. The fourth-order valence-corrected chi connectivity index (χ4v) is 4.29. The van der Waals surface area contributed by atoms with Crippen molar-refractivity contribution in [3.63, 3.8) is 0 Å². The summed E-state index contributed by atoms with van der Waals surface area (Å²) in [5.41, 5.74) is 5.94. The van der Waals surface area contributed by atoms with Crippen molar-refractivity contribution in [2.45, 2.75) is 12.5 Å². The topological polar surface area (TPSA) is 63.4 Å². The van der Waals surface area contributed by atoms with E-state index in [4.69, 9.17) is 5.73 Å². The molecule has 0 radical (unpaired) electrons. The van der Waals surface area contributed by atoms with E-state index in [1.54, 1.807) is 37.6 Å². The van der Waals surface area contributed by atoms with E-state index < -0.39 is 30.7 Å². The first kappa shape index (κ1) is 20.6. The van der Waals surface area contributed by atoms with Crippen LogP contribution in [0.1, 0.15) is 6.42 Å². The summed E-state index contributed by atoms with van der Waals surface area (Å²) in [6, 6.07) is 8.77. The molecule has 1 saturated heterocycles. The maximum absolute atomic E-state index is 14.8. The van der Waals surface area contributed by atoms with Crippen LogP contribution in [0.5, 0.6) is 0 Å². The molecule has 140 valence electrons. The van der Waals surface area contributed by atoms with Crippen LogP contribution < -0.4 is 15.9 Å². The maximum atomic E-state index is 14.8. The van der Waals surface area contributed by atoms with Crippen LogP contribution in [-0.4, -0.2) is 31.8 Å². The van der Waals surface area contributed by atoms with Gasteiger partial charge in [-0.05, 0) is 37.4 Å². The van der Waals surface area contributed by atoms with Gasteiger partial charge in [-0.1, -0.05) is 24.3 Å². The molecule has 0 aliphatic carbocycles. The van der Waals surface area contributed by atoms with Gasteiger partial charge in [0.2, 0.25) is 5.91 Å². The number of hydrogen-bond donors (Lipinski definition) is 1. The largest absolute Gasteiger partial charge is 0.320 e. The van der Waals surface area contributed by atoms with Crippen molar-refractivity contribution in [2.75, 3.05) is 24.8 Å². The van der Waals surface area contributed by atoms with Crippen LogP contribution in [-0.2, 0) is 9.36 Å². The zero-order chi connectivity index (χ0) is 18.4. The molecule has 1 fully saturated rings. The van der Waals surface area contributed by atoms with E-state index in [0.717, 1.165) is 0 Å². The molecule has 0 bridgehead atoms. The number of nitrogens with zero attached hydrogens (tertiary/aromatic N) is 1. The molecule has 4 nitrogen and oxygen atoms in total. The highest BCUT2D eigenvalue weighted by Crippen LogP contribution is 2.40. The highest BCUT2D eigenvalue weighted by molar-refractivity contribution is 7.70. The quantitative estimate of drug-likeness (QED) is 0.803. The lowest BCUT2D eigenvalue weighted by atomic mass is 10.0. The number of nitrogens with two attached hydrogens (primary N) is 1. The first-order chi connectivity index (χ1) is 11.7. The molecular formula is C18H20ClF2N2O2P. The summed E-state index contributed by atoms with van der Waals surface area (Å²) in [6.45, 7) is 3.42. The van der Waals surface area contributed by atoms with Crippen LogP contribution in [0, 0.1) is 11.6 Å². The van der Waals surface area contributed by atoms with Gasteiger partial charge in [-0.25, -0.2) is 8.78 Å². The number of carbonyl (C=O) groups is 1. The van der Waals surface area contributed by atoms with Gasteiger partial charge in [-0.15, -0.1) is 12.4 Å². The SMILES string of the molecule is CP(C)(=O)c1ccccc1-c1ccc(N2CCC(N)C2=O)c(F)c1F.Cl. The van der Waals surface area contributed by atoms with E-state index in [1.165, 1.54) is 17.0 Å². The average molecular weight is 401 g/mol. The molecule has 1 aliphatic heterocycles. The fraction of sp³-hybridized carbons (Fsp3) is 0.278. The third kappa shape index (κ3) is 3.54. The minimum absolute atomic E-state index is 0. The number of benzene rings is 2. The summed E-state index contributed by atoms with van der Waals surface area (Å²) in [7, 11) is -2.68. The monoisotopic (exact) mass is 400 g/mol. The van der Waals surface area contributed by atoms with Crippen molar-refractivity contribution in [3.05, 3.63) is 48.0 Å². The van der Waals surface area contributed by atoms with Crippen molar-refractivity contribution >= 4 is 36.4 Å². The second-order valence-electron chi connectivity index (χ2n) is 6.51. The van der Waals surface area contributed by atoms with Crippen LogP contribution in [0.25, 0.3) is 11.1 Å². The van der Waals surface area contributed by atoms with E-state index >= 15 is 0 Å². The number of halogens is 3. The van der Waals surface area contributed by atoms with Crippen LogP contribution in [0.15, 0.2) is 36.4 Å². The molecule has 0 saturated carbocycles. The van der Waals surface area contributed by atoms with E-state index in [-0.39, 0.29) is 30.2 Å². The predicted molar refractivity (Wildman–Crippen MR) is 103 cm³/mol. The summed E-state index contributed by atoms with van der Waals surface area (Å²) in [4.78, 5) is 13.2. The smallest absolute Gasteiger partial charge is 0.244 e. The summed E-state index contributed by atoms with van der Waals surface area (Å²) >= 11 is 0. The van der Waals surface area contributed by atoms with Gasteiger partial charge in [0.1, 0.15) is 7.14 Å². The van der Waals surface area contributed by atoms with Crippen molar-refractivity contribution in [1.29, 1.82) is 0 Å². The van der Waals surface area contributed by atoms with Gasteiger partial charge in [-0.2, -0.15) is 0 Å². The van der Waals surface area contributed by atoms with Gasteiger partial charge < -0.3 is 15.2 Å². The number of rotatable bonds is 3. The number of hydrogen-bond acceptors (Lipinski definition) is 3. The first-order valence-corrected chi connectivity index (χ1v) is 10.5. The van der Waals surface area contributed by atoms with Crippen LogP contribution in [0.3, 0.4) is 0 Å². The third-order valence-electron chi connectivity index (χ3n) is 4.37. The molecule has 2 aromatic rings. The molecule has 1 amide bonds. The molecule has 1 atom stereocenters. The Morgan fingerprint density at radius 1 is 1.08 bits per heavy atom. The van der Waals surface area contributed by atoms with Crippen molar-refractivity contribution in [3.8, 4) is 11.1 Å². The Kier molecular flexibility index (Phi) is 5.91. The van der Waals surface area contributed by atoms with Gasteiger partial charge in [0, 0.05) is 17.4 Å². The van der Waals surface area contributed by atoms with E-state index in [9.17, 15) is 18.1 Å². The minimum Gasteiger partial charge on any atom is -0.320 e. The molecule has 1 heterocycles. The highest BCUT2D eigenvalue weighted by Gasteiger charge is 2.32. The van der Waals surface area contributed by atoms with E-state index in [0.29, 0.717) is 17.3 Å². The van der Waals surface area contributed by atoms with E-state index in [1.807, 2.05) is 0 Å². The molecule has 1 unspecified atom stereocenters. The van der Waals surface area contributed by atoms with Crippen LogP contribution in [0.4, 0.5) is 14.5 Å². The fourth-order valence-electron chi connectivity index (χ4n) is 3.07. The Balaban J connectivity index is 0.00000243. The predicted octanol–water partition coefficient (Wildman–Crippen LogP) is 3.37. The molecule has 0 spiro atoms. The maximum Gasteiger partial charge on any atom is 0.244 e. The van der Waals surface area contributed by atoms with Gasteiger partial charge in [0.05, 0.1) is 11.7 Å². The lowest BCUT2D eigenvalue weighted by Gasteiger charge is -2.19. The van der Waals surface area contributed by atoms with Crippen LogP contribution in [0.2, 0.25) is 0 Å². The Morgan fingerprint density at radius 3 is 2.31 bits per heavy atom. The number of amides is 1. The zero-order valence-electron chi connectivity index (χ0n) is 14.4. The number of anilines is 1. The Labute approximate surface area is 157 Å². The summed E-state index contributed by atoms with van der Waals surface area (Å²) in [5, 5.41) is 0.486. The highest BCUT2D eigenvalue weighted by atomic mass is 35.5. The van der Waals surface area contributed by atoms with Gasteiger partial charge >= 0.3 is 0 Å². The lowest BCUT2D eigenvalue weighted by molar-refractivity contribution is -0.118. The van der Waals surface area contributed by atoms with Crippen molar-refractivity contribution in [2.24, 2.45) is 5.73 Å². The van der Waals surface area contributed by atoms with Crippen molar-refractivity contribution in [1.82, 2.24) is 0 Å². The summed E-state index contributed by atoms with van der Waals surface area (Å²) in [6.07, 6.45) is 0.402. The first-order valence-electron chi connectivity index (χ1n) is 7.91. The molecule has 26 heavy (non-hydrogen) atoms. The number of carbonyl (C=O) groups excluding carboxylic acids is 1. The molecule has 2 aromatic carbocycles. The summed E-state index contributed by atoms with van der Waals surface area (Å²) in [5.74, 6) is -2.58. The Hall–Kier alpha value is -1.75. The lowest BCUT2D eigenvalue weighted by Crippen LogP contribution is -2.34. The zero-order valence-corrected chi connectivity index (χ0v) is 16.1. The second-order valence-corrected chi connectivity index (χ2v) is 9.70. The molecule has 2 N–H and O–H groups in total. The van der Waals surface area contributed by atoms with Crippen molar-refractivity contribution < 1.29 is 18.1 Å². The molecule has 1 aliphatic rings. The van der Waals surface area contributed by atoms with E-state index in [2.05, 4.69) is 0 Å². The molecule has 3 rings (SSSR count). The molecule has 0 aromatic heterocycles.